The zero-order chi connectivity index (χ0) is 12.3. The summed E-state index contributed by atoms with van der Waals surface area (Å²) in [6.45, 7) is 2.62. The fraction of sp³-hybridized carbons (Fsp3) is 0.308. The van der Waals surface area contributed by atoms with Crippen molar-refractivity contribution < 1.29 is 4.74 Å². The van der Waals surface area contributed by atoms with Gasteiger partial charge >= 0.3 is 0 Å². The monoisotopic (exact) mass is 269 g/mol. The Morgan fingerprint density at radius 3 is 2.94 bits per heavy atom. The molecule has 17 heavy (non-hydrogen) atoms. The maximum Gasteiger partial charge on any atom is 0.124 e. The first-order valence-electron chi connectivity index (χ1n) is 5.46. The number of fused-ring (bicyclic) bond motifs is 1. The average Bonchev–Trinajstić information content (AvgIpc) is 2.31. The van der Waals surface area contributed by atoms with Crippen molar-refractivity contribution in [3.63, 3.8) is 0 Å². The molecule has 0 aliphatic heterocycles. The Morgan fingerprint density at radius 2 is 2.18 bits per heavy atom. The maximum absolute atomic E-state index is 6.11. The highest BCUT2D eigenvalue weighted by Gasteiger charge is 2.06. The normalized spacial score (nSPS) is 10.8. The van der Waals surface area contributed by atoms with Gasteiger partial charge in [-0.25, -0.2) is 0 Å². The molecule has 0 radical (unpaired) electrons. The summed E-state index contributed by atoms with van der Waals surface area (Å²) in [5.41, 5.74) is 1.91. The van der Waals surface area contributed by atoms with Gasteiger partial charge in [0, 0.05) is 23.5 Å². The van der Waals surface area contributed by atoms with Gasteiger partial charge < -0.3 is 4.74 Å². The van der Waals surface area contributed by atoms with Crippen molar-refractivity contribution in [3.05, 3.63) is 35.0 Å². The third-order valence-electron chi connectivity index (χ3n) is 2.52. The zero-order valence-electron chi connectivity index (χ0n) is 9.54. The minimum absolute atomic E-state index is 0.608. The standard InChI is InChI=1S/C13H13Cl2NO/c1-9-7-10-11(15)3-5-16-12(10)8-13(9)17-6-2-4-14/h3,5,7-8H,2,4,6H2,1H3. The van der Waals surface area contributed by atoms with Crippen LogP contribution in [-0.2, 0) is 0 Å². The Labute approximate surface area is 111 Å². The van der Waals surface area contributed by atoms with Crippen LogP contribution in [0.1, 0.15) is 12.0 Å². The highest BCUT2D eigenvalue weighted by atomic mass is 35.5. The first-order valence-corrected chi connectivity index (χ1v) is 6.37. The number of rotatable bonds is 4. The summed E-state index contributed by atoms with van der Waals surface area (Å²) < 4.78 is 5.66. The van der Waals surface area contributed by atoms with E-state index in [2.05, 4.69) is 4.98 Å². The lowest BCUT2D eigenvalue weighted by Gasteiger charge is -2.10. The smallest absolute Gasteiger partial charge is 0.124 e. The number of benzene rings is 1. The molecule has 2 aromatic rings. The van der Waals surface area contributed by atoms with Crippen LogP contribution in [0.15, 0.2) is 24.4 Å². The van der Waals surface area contributed by atoms with Gasteiger partial charge in [0.1, 0.15) is 5.75 Å². The quantitative estimate of drug-likeness (QED) is 0.613. The molecule has 1 heterocycles. The second-order valence-electron chi connectivity index (χ2n) is 3.82. The Morgan fingerprint density at radius 1 is 1.35 bits per heavy atom. The third-order valence-corrected chi connectivity index (χ3v) is 3.12. The number of pyridine rings is 1. The molecule has 90 valence electrons. The van der Waals surface area contributed by atoms with Crippen LogP contribution < -0.4 is 4.74 Å². The van der Waals surface area contributed by atoms with Gasteiger partial charge in [0.25, 0.3) is 0 Å². The number of aryl methyl sites for hydroxylation is 1. The number of ether oxygens (including phenoxy) is 1. The fourth-order valence-corrected chi connectivity index (χ4v) is 1.96. The predicted octanol–water partition coefficient (Wildman–Crippen LogP) is 4.20. The lowest BCUT2D eigenvalue weighted by Crippen LogP contribution is -1.99. The van der Waals surface area contributed by atoms with Gasteiger partial charge in [-0.3, -0.25) is 4.98 Å². The first-order chi connectivity index (χ1) is 8.22. The highest BCUT2D eigenvalue weighted by molar-refractivity contribution is 6.35. The van der Waals surface area contributed by atoms with Crippen molar-refractivity contribution in [2.45, 2.75) is 13.3 Å². The summed E-state index contributed by atoms with van der Waals surface area (Å²) in [6, 6.07) is 5.71. The molecule has 0 fully saturated rings. The summed E-state index contributed by atoms with van der Waals surface area (Å²) >= 11 is 11.7. The summed E-state index contributed by atoms with van der Waals surface area (Å²) in [7, 11) is 0. The molecular weight excluding hydrogens is 257 g/mol. The van der Waals surface area contributed by atoms with Crippen molar-refractivity contribution in [1.29, 1.82) is 0 Å². The average molecular weight is 270 g/mol. The Bertz CT molecular complexity index is 528. The van der Waals surface area contributed by atoms with E-state index in [0.717, 1.165) is 28.6 Å². The molecule has 2 rings (SSSR count). The minimum atomic E-state index is 0.608. The molecular formula is C13H13Cl2NO. The predicted molar refractivity (Wildman–Crippen MR) is 72.3 cm³/mol. The van der Waals surface area contributed by atoms with Crippen molar-refractivity contribution in [1.82, 2.24) is 4.98 Å². The van der Waals surface area contributed by atoms with Crippen LogP contribution in [0.2, 0.25) is 5.02 Å². The van der Waals surface area contributed by atoms with Crippen LogP contribution in [0.3, 0.4) is 0 Å². The molecule has 0 unspecified atom stereocenters. The molecule has 2 nitrogen and oxygen atoms in total. The number of alkyl halides is 1. The zero-order valence-corrected chi connectivity index (χ0v) is 11.1. The van der Waals surface area contributed by atoms with E-state index < -0.39 is 0 Å². The summed E-state index contributed by atoms with van der Waals surface area (Å²) in [5.74, 6) is 1.45. The van der Waals surface area contributed by atoms with Crippen LogP contribution in [0, 0.1) is 6.92 Å². The second kappa shape index (κ2) is 5.56. The number of hydrogen-bond acceptors (Lipinski definition) is 2. The molecule has 0 aliphatic carbocycles. The van der Waals surface area contributed by atoms with Crippen LogP contribution in [0.5, 0.6) is 5.75 Å². The highest BCUT2D eigenvalue weighted by Crippen LogP contribution is 2.28. The SMILES string of the molecule is Cc1cc2c(Cl)ccnc2cc1OCCCCl. The van der Waals surface area contributed by atoms with E-state index in [-0.39, 0.29) is 0 Å². The van der Waals surface area contributed by atoms with Crippen LogP contribution >= 0.6 is 23.2 Å². The topological polar surface area (TPSA) is 22.1 Å². The molecule has 1 aromatic heterocycles. The van der Waals surface area contributed by atoms with Crippen molar-refractivity contribution in [3.8, 4) is 5.75 Å². The van der Waals surface area contributed by atoms with Gasteiger partial charge in [-0.15, -0.1) is 11.6 Å². The first kappa shape index (κ1) is 12.5. The Hall–Kier alpha value is -0.990. The summed E-state index contributed by atoms with van der Waals surface area (Å²) in [6.07, 6.45) is 2.53. The van der Waals surface area contributed by atoms with Gasteiger partial charge in [0.2, 0.25) is 0 Å². The largest absolute Gasteiger partial charge is 0.493 e. The molecule has 0 saturated carbocycles. The molecule has 0 saturated heterocycles. The van der Waals surface area contributed by atoms with Gasteiger partial charge in [-0.1, -0.05) is 11.6 Å². The van der Waals surface area contributed by atoms with Crippen molar-refractivity contribution in [2.24, 2.45) is 0 Å². The van der Waals surface area contributed by atoms with Crippen LogP contribution in [0.25, 0.3) is 10.9 Å². The van der Waals surface area contributed by atoms with Gasteiger partial charge in [-0.2, -0.15) is 0 Å². The van der Waals surface area contributed by atoms with E-state index in [1.165, 1.54) is 0 Å². The second-order valence-corrected chi connectivity index (χ2v) is 4.60. The third kappa shape index (κ3) is 2.82. The van der Waals surface area contributed by atoms with Gasteiger partial charge in [0.05, 0.1) is 17.1 Å². The molecule has 4 heteroatoms. The Balaban J connectivity index is 2.35. The molecule has 1 aromatic carbocycles. The molecule has 0 bridgehead atoms. The number of aromatic nitrogens is 1. The molecule has 0 atom stereocenters. The van der Waals surface area contributed by atoms with Crippen molar-refractivity contribution in [2.75, 3.05) is 12.5 Å². The summed E-state index contributed by atoms with van der Waals surface area (Å²) in [4.78, 5) is 4.28. The lowest BCUT2D eigenvalue weighted by atomic mass is 10.1. The van der Waals surface area contributed by atoms with Crippen molar-refractivity contribution >= 4 is 34.1 Å². The fourth-order valence-electron chi connectivity index (χ4n) is 1.64. The lowest BCUT2D eigenvalue weighted by molar-refractivity contribution is 0.316. The van der Waals surface area contributed by atoms with E-state index in [1.807, 2.05) is 19.1 Å². The van der Waals surface area contributed by atoms with Gasteiger partial charge in [-0.05, 0) is 31.0 Å². The minimum Gasteiger partial charge on any atom is -0.493 e. The van der Waals surface area contributed by atoms with E-state index in [0.29, 0.717) is 17.5 Å². The number of halogens is 2. The van der Waals surface area contributed by atoms with E-state index in [4.69, 9.17) is 27.9 Å². The summed E-state index contributed by atoms with van der Waals surface area (Å²) in [5, 5.41) is 1.67. The maximum atomic E-state index is 6.11. The Kier molecular flexibility index (Phi) is 4.08. The van der Waals surface area contributed by atoms with Crippen LogP contribution in [0.4, 0.5) is 0 Å². The number of hydrogen-bond donors (Lipinski definition) is 0. The van der Waals surface area contributed by atoms with E-state index >= 15 is 0 Å². The molecule has 0 aliphatic rings. The van der Waals surface area contributed by atoms with Gasteiger partial charge in [0.15, 0.2) is 0 Å². The van der Waals surface area contributed by atoms with E-state index in [1.54, 1.807) is 12.3 Å². The molecule has 0 spiro atoms. The van der Waals surface area contributed by atoms with E-state index in [9.17, 15) is 0 Å². The molecule has 0 amide bonds. The van der Waals surface area contributed by atoms with Crippen LogP contribution in [-0.4, -0.2) is 17.5 Å². The molecule has 0 N–H and O–H groups in total. The number of nitrogens with zero attached hydrogens (tertiary/aromatic N) is 1.